The maximum absolute atomic E-state index is 11.8. The van der Waals surface area contributed by atoms with E-state index in [-0.39, 0.29) is 11.8 Å². The zero-order valence-electron chi connectivity index (χ0n) is 14.0. The SMILES string of the molecule is CC(=O)c1ccc2c(c1)[C@@H]1C=CC[C@@H]1C(c1ccc3c(c1)OCO3)N2. The molecule has 25 heavy (non-hydrogen) atoms. The van der Waals surface area contributed by atoms with Gasteiger partial charge in [-0.25, -0.2) is 0 Å². The molecule has 0 saturated heterocycles. The van der Waals surface area contributed by atoms with E-state index in [1.54, 1.807) is 6.92 Å². The maximum atomic E-state index is 11.8. The van der Waals surface area contributed by atoms with Crippen LogP contribution in [0.2, 0.25) is 0 Å². The molecule has 1 N–H and O–H groups in total. The van der Waals surface area contributed by atoms with Gasteiger partial charge < -0.3 is 14.8 Å². The fourth-order valence-electron chi connectivity index (χ4n) is 4.25. The second kappa shape index (κ2) is 5.38. The number of benzene rings is 2. The fourth-order valence-corrected chi connectivity index (χ4v) is 4.25. The van der Waals surface area contributed by atoms with Crippen molar-refractivity contribution in [1.29, 1.82) is 0 Å². The fraction of sp³-hybridized carbons (Fsp3) is 0.286. The minimum absolute atomic E-state index is 0.110. The summed E-state index contributed by atoms with van der Waals surface area (Å²) < 4.78 is 11.0. The van der Waals surface area contributed by atoms with Gasteiger partial charge >= 0.3 is 0 Å². The Morgan fingerprint density at radius 3 is 2.88 bits per heavy atom. The molecule has 0 aromatic heterocycles. The highest BCUT2D eigenvalue weighted by molar-refractivity contribution is 5.95. The number of Topliss-reactive ketones (excluding diaryl/α,β-unsaturated/α-hetero) is 1. The van der Waals surface area contributed by atoms with E-state index in [1.807, 2.05) is 24.3 Å². The lowest BCUT2D eigenvalue weighted by Crippen LogP contribution is -2.29. The van der Waals surface area contributed by atoms with Crippen molar-refractivity contribution < 1.29 is 14.3 Å². The molecule has 1 aliphatic carbocycles. The number of ether oxygens (including phenoxy) is 2. The number of hydrogen-bond donors (Lipinski definition) is 1. The summed E-state index contributed by atoms with van der Waals surface area (Å²) >= 11 is 0. The Hall–Kier alpha value is -2.75. The van der Waals surface area contributed by atoms with Crippen LogP contribution in [0, 0.1) is 5.92 Å². The number of rotatable bonds is 2. The lowest BCUT2D eigenvalue weighted by atomic mass is 9.76. The van der Waals surface area contributed by atoms with Crippen LogP contribution in [0.25, 0.3) is 0 Å². The summed E-state index contributed by atoms with van der Waals surface area (Å²) in [7, 11) is 0. The van der Waals surface area contributed by atoms with Crippen LogP contribution in [0.15, 0.2) is 48.6 Å². The number of nitrogens with one attached hydrogen (secondary N) is 1. The van der Waals surface area contributed by atoms with Crippen molar-refractivity contribution in [2.45, 2.75) is 25.3 Å². The van der Waals surface area contributed by atoms with Crippen molar-refractivity contribution in [2.24, 2.45) is 5.92 Å². The van der Waals surface area contributed by atoms with Crippen LogP contribution in [-0.4, -0.2) is 12.6 Å². The van der Waals surface area contributed by atoms with Crippen molar-refractivity contribution >= 4 is 11.5 Å². The highest BCUT2D eigenvalue weighted by Gasteiger charge is 2.38. The number of carbonyl (C=O) groups excluding carboxylic acids is 1. The Morgan fingerprint density at radius 2 is 2.00 bits per heavy atom. The standard InChI is InChI=1S/C21H19NO3/c1-12(23)13-5-7-18-17(9-13)15-3-2-4-16(15)21(22-18)14-6-8-19-20(10-14)25-11-24-19/h2-3,5-10,15-16,21-22H,4,11H2,1H3/t15-,16+,21?/m1/s1. The quantitative estimate of drug-likeness (QED) is 0.652. The number of fused-ring (bicyclic) bond motifs is 4. The zero-order valence-corrected chi connectivity index (χ0v) is 14.0. The van der Waals surface area contributed by atoms with E-state index >= 15 is 0 Å². The van der Waals surface area contributed by atoms with E-state index in [0.29, 0.717) is 18.6 Å². The summed E-state index contributed by atoms with van der Waals surface area (Å²) in [6.45, 7) is 1.91. The molecule has 126 valence electrons. The van der Waals surface area contributed by atoms with E-state index in [9.17, 15) is 4.79 Å². The summed E-state index contributed by atoms with van der Waals surface area (Å²) in [4.78, 5) is 11.8. The monoisotopic (exact) mass is 333 g/mol. The smallest absolute Gasteiger partial charge is 0.231 e. The topological polar surface area (TPSA) is 47.6 Å². The normalized spacial score (nSPS) is 25.2. The van der Waals surface area contributed by atoms with Crippen LogP contribution < -0.4 is 14.8 Å². The van der Waals surface area contributed by atoms with Crippen LogP contribution in [0.4, 0.5) is 5.69 Å². The summed E-state index contributed by atoms with van der Waals surface area (Å²) in [5.74, 6) is 2.52. The molecule has 0 saturated carbocycles. The maximum Gasteiger partial charge on any atom is 0.231 e. The predicted molar refractivity (Wildman–Crippen MR) is 95.4 cm³/mol. The first-order valence-electron chi connectivity index (χ1n) is 8.68. The zero-order chi connectivity index (χ0) is 17.0. The Labute approximate surface area is 146 Å². The molecule has 2 aromatic carbocycles. The van der Waals surface area contributed by atoms with E-state index in [1.165, 1.54) is 11.1 Å². The molecule has 3 atom stereocenters. The van der Waals surface area contributed by atoms with Gasteiger partial charge in [0.2, 0.25) is 6.79 Å². The minimum Gasteiger partial charge on any atom is -0.454 e. The van der Waals surface area contributed by atoms with Gasteiger partial charge in [-0.1, -0.05) is 18.2 Å². The minimum atomic E-state index is 0.110. The molecule has 0 radical (unpaired) electrons. The van der Waals surface area contributed by atoms with E-state index in [4.69, 9.17) is 9.47 Å². The van der Waals surface area contributed by atoms with Gasteiger partial charge in [-0.05, 0) is 60.7 Å². The van der Waals surface area contributed by atoms with Crippen LogP contribution in [0.3, 0.4) is 0 Å². The Morgan fingerprint density at radius 1 is 1.12 bits per heavy atom. The third kappa shape index (κ3) is 2.24. The first kappa shape index (κ1) is 14.6. The Bertz CT molecular complexity index is 902. The van der Waals surface area contributed by atoms with Gasteiger partial charge in [0.15, 0.2) is 17.3 Å². The van der Waals surface area contributed by atoms with Crippen molar-refractivity contribution in [3.8, 4) is 11.5 Å². The van der Waals surface area contributed by atoms with Gasteiger partial charge in [-0.2, -0.15) is 0 Å². The second-order valence-electron chi connectivity index (χ2n) is 6.95. The van der Waals surface area contributed by atoms with Crippen molar-refractivity contribution in [1.82, 2.24) is 0 Å². The van der Waals surface area contributed by atoms with Gasteiger partial charge in [0.05, 0.1) is 6.04 Å². The van der Waals surface area contributed by atoms with Crippen molar-refractivity contribution in [2.75, 3.05) is 12.1 Å². The van der Waals surface area contributed by atoms with Crippen molar-refractivity contribution in [3.05, 3.63) is 65.2 Å². The molecule has 1 unspecified atom stereocenters. The van der Waals surface area contributed by atoms with Crippen LogP contribution in [-0.2, 0) is 0 Å². The molecule has 0 bridgehead atoms. The largest absolute Gasteiger partial charge is 0.454 e. The molecule has 0 spiro atoms. The summed E-state index contributed by atoms with van der Waals surface area (Å²) in [5.41, 5.74) is 4.33. The molecule has 4 nitrogen and oxygen atoms in total. The highest BCUT2D eigenvalue weighted by atomic mass is 16.7. The molecule has 4 heteroatoms. The molecular formula is C21H19NO3. The van der Waals surface area contributed by atoms with E-state index in [2.05, 4.69) is 29.6 Å². The molecule has 0 fully saturated rings. The first-order valence-corrected chi connectivity index (χ1v) is 8.68. The molecule has 5 rings (SSSR count). The number of allylic oxidation sites excluding steroid dienone is 2. The van der Waals surface area contributed by atoms with Crippen molar-refractivity contribution in [3.63, 3.8) is 0 Å². The Balaban J connectivity index is 1.56. The molecule has 2 heterocycles. The molecular weight excluding hydrogens is 314 g/mol. The van der Waals surface area contributed by atoms with Gasteiger partial charge in [0, 0.05) is 17.2 Å². The summed E-state index contributed by atoms with van der Waals surface area (Å²) in [6, 6.07) is 12.4. The number of carbonyl (C=O) groups is 1. The number of hydrogen-bond acceptors (Lipinski definition) is 4. The summed E-state index contributed by atoms with van der Waals surface area (Å²) in [5, 5.41) is 3.69. The summed E-state index contributed by atoms with van der Waals surface area (Å²) in [6.07, 6.45) is 5.57. The van der Waals surface area contributed by atoms with Crippen LogP contribution >= 0.6 is 0 Å². The molecule has 2 aromatic rings. The third-order valence-corrected chi connectivity index (χ3v) is 5.53. The number of anilines is 1. The van der Waals surface area contributed by atoms with Crippen LogP contribution in [0.5, 0.6) is 11.5 Å². The Kier molecular flexibility index (Phi) is 3.14. The van der Waals surface area contributed by atoms with E-state index in [0.717, 1.165) is 29.2 Å². The van der Waals surface area contributed by atoms with E-state index < -0.39 is 0 Å². The van der Waals surface area contributed by atoms with Gasteiger partial charge in [0.1, 0.15) is 0 Å². The lowest BCUT2D eigenvalue weighted by Gasteiger charge is -2.37. The average Bonchev–Trinajstić information content (AvgIpc) is 3.29. The van der Waals surface area contributed by atoms with Gasteiger partial charge in [-0.3, -0.25) is 4.79 Å². The van der Waals surface area contributed by atoms with Gasteiger partial charge in [0.25, 0.3) is 0 Å². The average molecular weight is 333 g/mol. The van der Waals surface area contributed by atoms with Crippen LogP contribution in [0.1, 0.15) is 46.8 Å². The molecule has 2 aliphatic heterocycles. The van der Waals surface area contributed by atoms with Gasteiger partial charge in [-0.15, -0.1) is 0 Å². The molecule has 0 amide bonds. The predicted octanol–water partition coefficient (Wildman–Crippen LogP) is 4.44. The second-order valence-corrected chi connectivity index (χ2v) is 6.95. The lowest BCUT2D eigenvalue weighted by molar-refractivity contribution is 0.101. The number of ketones is 1. The third-order valence-electron chi connectivity index (χ3n) is 5.53. The molecule has 3 aliphatic rings. The highest BCUT2D eigenvalue weighted by Crippen LogP contribution is 2.50. The first-order chi connectivity index (χ1) is 12.2.